The van der Waals surface area contributed by atoms with Gasteiger partial charge in [-0.15, -0.1) is 0 Å². The monoisotopic (exact) mass is 441 g/mol. The van der Waals surface area contributed by atoms with E-state index in [1.165, 1.54) is 56.9 Å². The molecule has 1 N–H and O–H groups in total. The molecule has 1 saturated heterocycles. The lowest BCUT2D eigenvalue weighted by atomic mass is 9.47. The highest BCUT2D eigenvalue weighted by Crippen LogP contribution is 2.66. The van der Waals surface area contributed by atoms with Crippen LogP contribution in [0.25, 0.3) is 0 Å². The molecule has 1 amide bonds. The van der Waals surface area contributed by atoms with Crippen LogP contribution in [0.15, 0.2) is 24.3 Å². The van der Waals surface area contributed by atoms with E-state index < -0.39 is 0 Å². The van der Waals surface area contributed by atoms with Crippen molar-refractivity contribution >= 4 is 17.5 Å². The number of nitrogens with one attached hydrogen (secondary N) is 1. The van der Waals surface area contributed by atoms with Gasteiger partial charge in [0.05, 0.1) is 0 Å². The zero-order valence-electron chi connectivity index (χ0n) is 19.6. The van der Waals surface area contributed by atoms with E-state index in [0.29, 0.717) is 22.8 Å². The zero-order valence-corrected chi connectivity index (χ0v) is 20.4. The van der Waals surface area contributed by atoms with Crippen molar-refractivity contribution in [2.75, 3.05) is 0 Å². The van der Waals surface area contributed by atoms with Crippen LogP contribution in [-0.2, 0) is 4.79 Å². The maximum Gasteiger partial charge on any atom is 0.220 e. The highest BCUT2D eigenvalue weighted by atomic mass is 35.5. The summed E-state index contributed by atoms with van der Waals surface area (Å²) >= 11 is 6.09. The van der Waals surface area contributed by atoms with Crippen LogP contribution in [0.4, 0.5) is 0 Å². The summed E-state index contributed by atoms with van der Waals surface area (Å²) in [7, 11) is 0. The maximum atomic E-state index is 12.0. The summed E-state index contributed by atoms with van der Waals surface area (Å²) in [6, 6.07) is 8.91. The molecule has 2 nitrogen and oxygen atoms in total. The first-order valence-corrected chi connectivity index (χ1v) is 13.2. The summed E-state index contributed by atoms with van der Waals surface area (Å²) in [6.45, 7) is 7.54. The first-order valence-electron chi connectivity index (χ1n) is 12.9. The van der Waals surface area contributed by atoms with Gasteiger partial charge in [0.2, 0.25) is 5.91 Å². The van der Waals surface area contributed by atoms with E-state index in [4.69, 9.17) is 11.6 Å². The summed E-state index contributed by atoms with van der Waals surface area (Å²) in [5.74, 6) is 4.38. The quantitative estimate of drug-likeness (QED) is 0.519. The smallest absolute Gasteiger partial charge is 0.220 e. The summed E-state index contributed by atoms with van der Waals surface area (Å²) in [5, 5.41) is 4.21. The molecule has 1 heterocycles. The first kappa shape index (κ1) is 21.8. The van der Waals surface area contributed by atoms with E-state index in [1.54, 1.807) is 0 Å². The topological polar surface area (TPSA) is 29.1 Å². The van der Waals surface area contributed by atoms with Crippen molar-refractivity contribution < 1.29 is 4.79 Å². The van der Waals surface area contributed by atoms with Crippen LogP contribution in [0, 0.1) is 34.5 Å². The second kappa shape index (κ2) is 8.08. The molecule has 1 aromatic carbocycles. The SMILES string of the molecule is CC(CC[C@H]1CC[C@H]2[C@@H]3CC[C@H]4NC(=O)CC[C@]4(C)[C@H]3CC[C@]12C)c1ccc(Cl)cc1. The molecular weight excluding hydrogens is 402 g/mol. The lowest BCUT2D eigenvalue weighted by Gasteiger charge is -2.60. The van der Waals surface area contributed by atoms with E-state index in [-0.39, 0.29) is 5.91 Å². The van der Waals surface area contributed by atoms with Crippen LogP contribution in [0.2, 0.25) is 5.02 Å². The van der Waals surface area contributed by atoms with Gasteiger partial charge < -0.3 is 5.32 Å². The largest absolute Gasteiger partial charge is 0.353 e. The second-order valence-corrected chi connectivity index (χ2v) is 12.4. The Morgan fingerprint density at radius 3 is 2.52 bits per heavy atom. The molecule has 3 heteroatoms. The van der Waals surface area contributed by atoms with Gasteiger partial charge in [0.15, 0.2) is 0 Å². The lowest BCUT2D eigenvalue weighted by Crippen LogP contribution is -2.61. The molecule has 4 aliphatic rings. The predicted octanol–water partition coefficient (Wildman–Crippen LogP) is 7.36. The number of hydrogen-bond donors (Lipinski definition) is 1. The second-order valence-electron chi connectivity index (χ2n) is 11.9. The van der Waals surface area contributed by atoms with Gasteiger partial charge >= 0.3 is 0 Å². The van der Waals surface area contributed by atoms with Crippen molar-refractivity contribution in [1.82, 2.24) is 5.32 Å². The number of halogens is 1. The summed E-state index contributed by atoms with van der Waals surface area (Å²) in [5.41, 5.74) is 2.29. The Hall–Kier alpha value is -1.02. The number of amides is 1. The van der Waals surface area contributed by atoms with Gasteiger partial charge in [0.25, 0.3) is 0 Å². The average molecular weight is 442 g/mol. The van der Waals surface area contributed by atoms with Crippen LogP contribution in [0.1, 0.15) is 96.5 Å². The van der Waals surface area contributed by atoms with Crippen molar-refractivity contribution in [3.63, 3.8) is 0 Å². The Labute approximate surface area is 193 Å². The van der Waals surface area contributed by atoms with Crippen LogP contribution >= 0.6 is 11.6 Å². The minimum absolute atomic E-state index is 0.289. The molecule has 0 bridgehead atoms. The molecule has 170 valence electrons. The van der Waals surface area contributed by atoms with E-state index >= 15 is 0 Å². The Morgan fingerprint density at radius 2 is 1.74 bits per heavy atom. The van der Waals surface area contributed by atoms with Crippen LogP contribution < -0.4 is 5.32 Å². The number of rotatable bonds is 4. The van der Waals surface area contributed by atoms with E-state index in [2.05, 4.69) is 38.2 Å². The number of hydrogen-bond acceptors (Lipinski definition) is 1. The highest BCUT2D eigenvalue weighted by molar-refractivity contribution is 6.30. The molecule has 3 aliphatic carbocycles. The van der Waals surface area contributed by atoms with Gasteiger partial charge in [0, 0.05) is 17.5 Å². The van der Waals surface area contributed by atoms with Gasteiger partial charge in [-0.3, -0.25) is 4.79 Å². The van der Waals surface area contributed by atoms with Gasteiger partial charge in [-0.2, -0.15) is 0 Å². The minimum atomic E-state index is 0.289. The van der Waals surface area contributed by atoms with Crippen LogP contribution in [-0.4, -0.2) is 11.9 Å². The number of benzene rings is 1. The normalized spacial score (nSPS) is 42.8. The predicted molar refractivity (Wildman–Crippen MR) is 128 cm³/mol. The molecule has 0 radical (unpaired) electrons. The molecular formula is C28H40ClNO. The molecule has 0 aromatic heterocycles. The molecule has 3 saturated carbocycles. The Bertz CT molecular complexity index is 821. The molecule has 8 atom stereocenters. The standard InChI is InChI=1S/C28H40ClNO/c1-18(19-5-9-21(29)10-6-19)4-7-20-8-12-23-22-11-13-25-28(3,17-15-26(31)30-25)24(22)14-16-27(20,23)2/h5-6,9-10,18,20,22-25H,4,7-8,11-17H2,1-3H3,(H,30,31)/t18?,20-,22-,23-,24-,25+,27+,28+/m0/s1. The Morgan fingerprint density at radius 1 is 1.00 bits per heavy atom. The molecule has 4 fully saturated rings. The summed E-state index contributed by atoms with van der Waals surface area (Å²) in [6.07, 6.45) is 12.7. The highest BCUT2D eigenvalue weighted by Gasteiger charge is 2.60. The van der Waals surface area contributed by atoms with Crippen molar-refractivity contribution in [2.24, 2.45) is 34.5 Å². The molecule has 1 unspecified atom stereocenters. The van der Waals surface area contributed by atoms with Gasteiger partial charge in [0.1, 0.15) is 0 Å². The van der Waals surface area contributed by atoms with Gasteiger partial charge in [-0.25, -0.2) is 0 Å². The van der Waals surface area contributed by atoms with E-state index in [1.807, 2.05) is 12.1 Å². The fraction of sp³-hybridized carbons (Fsp3) is 0.750. The molecule has 1 aromatic rings. The number of piperidine rings is 1. The third-order valence-corrected chi connectivity index (χ3v) is 10.9. The lowest BCUT2D eigenvalue weighted by molar-refractivity contribution is -0.136. The number of carbonyl (C=O) groups is 1. The third kappa shape index (κ3) is 3.65. The van der Waals surface area contributed by atoms with Crippen molar-refractivity contribution in [3.05, 3.63) is 34.9 Å². The minimum Gasteiger partial charge on any atom is -0.353 e. The summed E-state index contributed by atoms with van der Waals surface area (Å²) in [4.78, 5) is 12.0. The fourth-order valence-electron chi connectivity index (χ4n) is 8.69. The van der Waals surface area contributed by atoms with Crippen molar-refractivity contribution in [3.8, 4) is 0 Å². The van der Waals surface area contributed by atoms with Crippen LogP contribution in [0.5, 0.6) is 0 Å². The van der Waals surface area contributed by atoms with Crippen molar-refractivity contribution in [1.29, 1.82) is 0 Å². The molecule has 1 aliphatic heterocycles. The summed E-state index contributed by atoms with van der Waals surface area (Å²) < 4.78 is 0. The van der Waals surface area contributed by atoms with E-state index in [0.717, 1.165) is 41.5 Å². The third-order valence-electron chi connectivity index (χ3n) is 10.7. The Kier molecular flexibility index (Phi) is 5.69. The molecule has 0 spiro atoms. The number of fused-ring (bicyclic) bond motifs is 5. The van der Waals surface area contributed by atoms with Gasteiger partial charge in [-0.1, -0.05) is 44.5 Å². The zero-order chi connectivity index (χ0) is 21.8. The van der Waals surface area contributed by atoms with Crippen molar-refractivity contribution in [2.45, 2.75) is 96.9 Å². The van der Waals surface area contributed by atoms with E-state index in [9.17, 15) is 4.79 Å². The first-order chi connectivity index (χ1) is 14.8. The Balaban J connectivity index is 1.27. The fourth-order valence-corrected chi connectivity index (χ4v) is 8.82. The maximum absolute atomic E-state index is 12.0. The molecule has 31 heavy (non-hydrogen) atoms. The van der Waals surface area contributed by atoms with Crippen LogP contribution in [0.3, 0.4) is 0 Å². The number of carbonyl (C=O) groups excluding carboxylic acids is 1. The van der Waals surface area contributed by atoms with Gasteiger partial charge in [-0.05, 0) is 116 Å². The average Bonchev–Trinajstić information content (AvgIpc) is 3.09. The molecule has 5 rings (SSSR count).